The summed E-state index contributed by atoms with van der Waals surface area (Å²) in [5.74, 6) is 0.416. The Morgan fingerprint density at radius 3 is 2.77 bits per heavy atom. The maximum Gasteiger partial charge on any atom is 0.270 e. The van der Waals surface area contributed by atoms with E-state index in [9.17, 15) is 4.79 Å². The van der Waals surface area contributed by atoms with E-state index in [-0.39, 0.29) is 11.9 Å². The lowest BCUT2D eigenvalue weighted by Crippen LogP contribution is -2.41. The molecule has 1 atom stereocenters. The zero-order chi connectivity index (χ0) is 15.7. The van der Waals surface area contributed by atoms with Gasteiger partial charge in [0, 0.05) is 25.2 Å². The molecule has 0 bridgehead atoms. The lowest BCUT2D eigenvalue weighted by molar-refractivity contribution is -0.129. The Morgan fingerprint density at radius 2 is 2.09 bits per heavy atom. The van der Waals surface area contributed by atoms with Crippen LogP contribution in [-0.2, 0) is 11.2 Å². The van der Waals surface area contributed by atoms with Crippen LogP contribution in [-0.4, -0.2) is 30.1 Å². The van der Waals surface area contributed by atoms with Crippen molar-refractivity contribution >= 4 is 11.6 Å². The number of nitrogens with zero attached hydrogens (tertiary/aromatic N) is 2. The van der Waals surface area contributed by atoms with Crippen LogP contribution in [0.15, 0.2) is 41.0 Å². The van der Waals surface area contributed by atoms with E-state index in [0.29, 0.717) is 18.2 Å². The van der Waals surface area contributed by atoms with Crippen LogP contribution in [0.25, 0.3) is 0 Å². The van der Waals surface area contributed by atoms with E-state index in [2.05, 4.69) is 30.1 Å². The van der Waals surface area contributed by atoms with Gasteiger partial charge in [-0.25, -0.2) is 0 Å². The molecule has 1 aromatic rings. The molecular formula is C18H23N3O. The number of hydrogen-bond donors (Lipinski definition) is 1. The first-order valence-electron chi connectivity index (χ1n) is 7.94. The lowest BCUT2D eigenvalue weighted by Gasteiger charge is -2.35. The lowest BCUT2D eigenvalue weighted by atomic mass is 9.93. The average molecular weight is 297 g/mol. The van der Waals surface area contributed by atoms with E-state index >= 15 is 0 Å². The maximum atomic E-state index is 12.7. The Balaban J connectivity index is 1.79. The van der Waals surface area contributed by atoms with Gasteiger partial charge in [0.2, 0.25) is 0 Å². The predicted octanol–water partition coefficient (Wildman–Crippen LogP) is 2.46. The second kappa shape index (κ2) is 5.95. The summed E-state index contributed by atoms with van der Waals surface area (Å²) in [4.78, 5) is 18.8. The molecule has 0 radical (unpaired) electrons. The molecule has 1 saturated carbocycles. The molecule has 0 spiro atoms. The molecule has 0 unspecified atom stereocenters. The first-order chi connectivity index (χ1) is 10.6. The summed E-state index contributed by atoms with van der Waals surface area (Å²) in [7, 11) is 1.77. The summed E-state index contributed by atoms with van der Waals surface area (Å²) in [6.07, 6.45) is 4.96. The number of carbonyl (C=O) groups is 1. The number of aliphatic imine (C=N–C) groups is 1. The fourth-order valence-corrected chi connectivity index (χ4v) is 3.18. The van der Waals surface area contributed by atoms with E-state index in [1.54, 1.807) is 13.1 Å². The van der Waals surface area contributed by atoms with Crippen LogP contribution in [0.3, 0.4) is 0 Å². The van der Waals surface area contributed by atoms with Gasteiger partial charge in [0.25, 0.3) is 5.91 Å². The number of fused-ring (bicyclic) bond motifs is 1. The molecule has 1 heterocycles. The minimum atomic E-state index is -0.0798. The summed E-state index contributed by atoms with van der Waals surface area (Å²) in [6.45, 7) is 2.78. The maximum absolute atomic E-state index is 12.7. The molecule has 1 fully saturated rings. The summed E-state index contributed by atoms with van der Waals surface area (Å²) in [5, 5.41) is 0. The van der Waals surface area contributed by atoms with Gasteiger partial charge >= 0.3 is 0 Å². The highest BCUT2D eigenvalue weighted by Gasteiger charge is 2.30. The SMILES string of the molecule is CN=C(/C=C(\N)C(=O)N1CCc2ccccc2[C@H]1C)C1CC1. The molecule has 1 aliphatic carbocycles. The second-order valence-electron chi connectivity index (χ2n) is 6.15. The summed E-state index contributed by atoms with van der Waals surface area (Å²) >= 11 is 0. The molecular weight excluding hydrogens is 274 g/mol. The van der Waals surface area contributed by atoms with Gasteiger partial charge in [0.1, 0.15) is 0 Å². The highest BCUT2D eigenvalue weighted by molar-refractivity contribution is 6.05. The predicted molar refractivity (Wildman–Crippen MR) is 88.6 cm³/mol. The molecule has 4 nitrogen and oxygen atoms in total. The van der Waals surface area contributed by atoms with Gasteiger partial charge in [0.15, 0.2) is 0 Å². The Labute approximate surface area is 131 Å². The normalized spacial score (nSPS) is 22.5. The van der Waals surface area contributed by atoms with Crippen LogP contribution in [0.5, 0.6) is 0 Å². The van der Waals surface area contributed by atoms with Gasteiger partial charge in [-0.1, -0.05) is 24.3 Å². The van der Waals surface area contributed by atoms with Gasteiger partial charge in [-0.15, -0.1) is 0 Å². The van der Waals surface area contributed by atoms with Crippen LogP contribution in [0.4, 0.5) is 0 Å². The second-order valence-corrected chi connectivity index (χ2v) is 6.15. The van der Waals surface area contributed by atoms with Gasteiger partial charge in [0.05, 0.1) is 11.7 Å². The summed E-state index contributed by atoms with van der Waals surface area (Å²) in [6, 6.07) is 8.38. The number of hydrogen-bond acceptors (Lipinski definition) is 3. The van der Waals surface area contributed by atoms with Gasteiger partial charge in [-0.2, -0.15) is 0 Å². The number of carbonyl (C=O) groups excluding carboxylic acids is 1. The number of allylic oxidation sites excluding steroid dienone is 1. The van der Waals surface area contributed by atoms with Crippen molar-refractivity contribution in [2.45, 2.75) is 32.2 Å². The third-order valence-electron chi connectivity index (χ3n) is 4.66. The van der Waals surface area contributed by atoms with Crippen molar-refractivity contribution in [2.24, 2.45) is 16.6 Å². The molecule has 1 amide bonds. The zero-order valence-corrected chi connectivity index (χ0v) is 13.2. The topological polar surface area (TPSA) is 58.7 Å². The van der Waals surface area contributed by atoms with Crippen molar-refractivity contribution in [2.75, 3.05) is 13.6 Å². The highest BCUT2D eigenvalue weighted by Crippen LogP contribution is 2.32. The third-order valence-corrected chi connectivity index (χ3v) is 4.66. The van der Waals surface area contributed by atoms with E-state index in [4.69, 9.17) is 5.73 Å². The monoisotopic (exact) mass is 297 g/mol. The average Bonchev–Trinajstić information content (AvgIpc) is 3.37. The van der Waals surface area contributed by atoms with Crippen LogP contribution >= 0.6 is 0 Å². The first kappa shape index (κ1) is 14.8. The van der Waals surface area contributed by atoms with E-state index in [1.165, 1.54) is 11.1 Å². The van der Waals surface area contributed by atoms with Crippen molar-refractivity contribution in [3.05, 3.63) is 47.2 Å². The van der Waals surface area contributed by atoms with Crippen LogP contribution in [0, 0.1) is 5.92 Å². The Morgan fingerprint density at radius 1 is 1.36 bits per heavy atom. The zero-order valence-electron chi connectivity index (χ0n) is 13.2. The molecule has 0 aromatic heterocycles. The standard InChI is InChI=1S/C18H23N3O/c1-12-15-6-4-3-5-13(15)9-10-21(12)18(22)16(19)11-17(20-2)14-7-8-14/h3-6,11-12,14H,7-10,19H2,1-2H3/b16-11-,20-17?/t12-/m1/s1. The van der Waals surface area contributed by atoms with Crippen LogP contribution < -0.4 is 5.73 Å². The van der Waals surface area contributed by atoms with Crippen molar-refractivity contribution in [1.29, 1.82) is 0 Å². The quantitative estimate of drug-likeness (QED) is 0.688. The number of nitrogens with two attached hydrogens (primary N) is 1. The first-order valence-corrected chi connectivity index (χ1v) is 7.94. The van der Waals surface area contributed by atoms with Gasteiger partial charge in [-0.05, 0) is 43.4 Å². The Hall–Kier alpha value is -2.10. The van der Waals surface area contributed by atoms with E-state index in [1.807, 2.05) is 11.0 Å². The molecule has 22 heavy (non-hydrogen) atoms. The fourth-order valence-electron chi connectivity index (χ4n) is 3.18. The highest BCUT2D eigenvalue weighted by atomic mass is 16.2. The molecule has 3 rings (SSSR count). The van der Waals surface area contributed by atoms with E-state index < -0.39 is 0 Å². The summed E-state index contributed by atoms with van der Waals surface area (Å²) < 4.78 is 0. The van der Waals surface area contributed by atoms with E-state index in [0.717, 1.165) is 25.0 Å². The molecule has 0 saturated heterocycles. The molecule has 1 aromatic carbocycles. The van der Waals surface area contributed by atoms with Crippen molar-refractivity contribution in [1.82, 2.24) is 4.90 Å². The summed E-state index contributed by atoms with van der Waals surface area (Å²) in [5.41, 5.74) is 9.87. The number of amides is 1. The minimum Gasteiger partial charge on any atom is -0.394 e. The molecule has 2 aliphatic rings. The van der Waals surface area contributed by atoms with Crippen LogP contribution in [0.2, 0.25) is 0 Å². The van der Waals surface area contributed by atoms with Crippen molar-refractivity contribution in [3.63, 3.8) is 0 Å². The Bertz CT molecular complexity index is 643. The third kappa shape index (κ3) is 2.78. The largest absolute Gasteiger partial charge is 0.394 e. The van der Waals surface area contributed by atoms with Gasteiger partial charge in [-0.3, -0.25) is 9.79 Å². The molecule has 116 valence electrons. The minimum absolute atomic E-state index is 0.0624. The van der Waals surface area contributed by atoms with Gasteiger partial charge < -0.3 is 10.6 Å². The molecule has 2 N–H and O–H groups in total. The number of rotatable bonds is 3. The fraction of sp³-hybridized carbons (Fsp3) is 0.444. The smallest absolute Gasteiger partial charge is 0.270 e. The molecule has 1 aliphatic heterocycles. The molecule has 4 heteroatoms. The number of benzene rings is 1. The van der Waals surface area contributed by atoms with Crippen molar-refractivity contribution < 1.29 is 4.79 Å². The van der Waals surface area contributed by atoms with Crippen LogP contribution in [0.1, 0.15) is 36.9 Å². The Kier molecular flexibility index (Phi) is 4.01. The van der Waals surface area contributed by atoms with Crippen molar-refractivity contribution in [3.8, 4) is 0 Å².